The van der Waals surface area contributed by atoms with Crippen LogP contribution in [-0.2, 0) is 17.6 Å². The molecule has 4 rings (SSSR count). The van der Waals surface area contributed by atoms with Crippen LogP contribution in [0.5, 0.6) is 0 Å². The maximum atomic E-state index is 10.9. The molecule has 0 radical (unpaired) electrons. The average Bonchev–Trinajstić information content (AvgIpc) is 2.93. The van der Waals surface area contributed by atoms with E-state index >= 15 is 0 Å². The summed E-state index contributed by atoms with van der Waals surface area (Å²) in [4.78, 5) is 13.4. The number of carbonyl (C=O) groups is 1. The zero-order chi connectivity index (χ0) is 22.0. The van der Waals surface area contributed by atoms with Gasteiger partial charge in [0.1, 0.15) is 0 Å². The molecule has 0 amide bonds. The Labute approximate surface area is 199 Å². The first-order valence-electron chi connectivity index (χ1n) is 11.7. The van der Waals surface area contributed by atoms with Crippen molar-refractivity contribution in [2.24, 2.45) is 11.8 Å². The summed E-state index contributed by atoms with van der Waals surface area (Å²) in [6.45, 7) is 4.55. The van der Waals surface area contributed by atoms with Crippen molar-refractivity contribution in [1.29, 1.82) is 0 Å². The van der Waals surface area contributed by atoms with Crippen LogP contribution in [0.15, 0.2) is 39.2 Å². The fraction of sp³-hybridized carbons (Fsp3) is 0.577. The lowest BCUT2D eigenvalue weighted by atomic mass is 9.74. The Morgan fingerprint density at radius 1 is 1.16 bits per heavy atom. The van der Waals surface area contributed by atoms with Gasteiger partial charge in [0.2, 0.25) is 0 Å². The van der Waals surface area contributed by atoms with E-state index in [0.717, 1.165) is 45.2 Å². The normalized spacial score (nSPS) is 27.1. The number of halogens is 1. The Bertz CT molecular complexity index is 886. The van der Waals surface area contributed by atoms with Crippen LogP contribution >= 0.6 is 27.7 Å². The molecule has 3 aliphatic rings. The van der Waals surface area contributed by atoms with E-state index in [1.807, 2.05) is 11.8 Å². The Morgan fingerprint density at radius 3 is 2.52 bits per heavy atom. The molecule has 0 saturated heterocycles. The summed E-state index contributed by atoms with van der Waals surface area (Å²) in [6, 6.07) is 4.87. The SMILES string of the molecule is CC1=C([C@H]2CC[C@H](CCC(=O)O)CC2)C(c2cc3c(cc2Br)CCN(C)CC3)SC=C1. The molecule has 1 saturated carbocycles. The minimum atomic E-state index is -0.659. The van der Waals surface area contributed by atoms with Gasteiger partial charge < -0.3 is 10.0 Å². The second kappa shape index (κ2) is 10.3. The molecule has 2 aliphatic heterocycles. The molecule has 0 aromatic heterocycles. The molecule has 3 nitrogen and oxygen atoms in total. The number of hydrogen-bond donors (Lipinski definition) is 1. The van der Waals surface area contributed by atoms with Crippen LogP contribution in [0.4, 0.5) is 0 Å². The van der Waals surface area contributed by atoms with Crippen molar-refractivity contribution < 1.29 is 9.90 Å². The third kappa shape index (κ3) is 5.48. The van der Waals surface area contributed by atoms with Crippen molar-refractivity contribution in [1.82, 2.24) is 4.90 Å². The maximum absolute atomic E-state index is 10.9. The number of likely N-dealkylation sites (N-methyl/N-ethyl adjacent to an activating group) is 1. The van der Waals surface area contributed by atoms with Crippen LogP contribution in [0.2, 0.25) is 0 Å². The number of nitrogens with zero attached hydrogens (tertiary/aromatic N) is 1. The number of carboxylic acid groups (broad SMARTS) is 1. The third-order valence-electron chi connectivity index (χ3n) is 7.45. The van der Waals surface area contributed by atoms with Gasteiger partial charge in [-0.3, -0.25) is 4.79 Å². The quantitative estimate of drug-likeness (QED) is 0.481. The van der Waals surface area contributed by atoms with Crippen LogP contribution in [0, 0.1) is 11.8 Å². The number of fused-ring (bicyclic) bond motifs is 1. The average molecular weight is 505 g/mol. The minimum Gasteiger partial charge on any atom is -0.481 e. The highest BCUT2D eigenvalue weighted by Gasteiger charge is 2.32. The standard InChI is InChI=1S/C26H34BrNO2S/c1-17-11-14-31-26(25(17)19-6-3-18(4-7-19)5-8-24(29)30)22-15-20-9-12-28(2)13-10-21(20)16-23(22)27/h11,14-16,18-19,26H,3-10,12-13H2,1-2H3,(H,29,30)/t18-,19-,26?. The fourth-order valence-corrected chi connectivity index (χ4v) is 7.62. The second-order valence-electron chi connectivity index (χ2n) is 9.55. The summed E-state index contributed by atoms with van der Waals surface area (Å²) < 4.78 is 1.25. The van der Waals surface area contributed by atoms with Crippen molar-refractivity contribution in [3.8, 4) is 0 Å². The van der Waals surface area contributed by atoms with E-state index in [-0.39, 0.29) is 0 Å². The Kier molecular flexibility index (Phi) is 7.66. The van der Waals surface area contributed by atoms with Crippen molar-refractivity contribution in [3.05, 3.63) is 55.9 Å². The summed E-state index contributed by atoms with van der Waals surface area (Å²) in [5, 5.41) is 11.7. The van der Waals surface area contributed by atoms with Crippen LogP contribution in [0.1, 0.15) is 67.4 Å². The molecular formula is C26H34BrNO2S. The van der Waals surface area contributed by atoms with Crippen LogP contribution in [0.3, 0.4) is 0 Å². The zero-order valence-corrected chi connectivity index (χ0v) is 21.1. The van der Waals surface area contributed by atoms with Crippen LogP contribution in [0.25, 0.3) is 0 Å². The maximum Gasteiger partial charge on any atom is 0.303 e. The largest absolute Gasteiger partial charge is 0.481 e. The first-order chi connectivity index (χ1) is 14.9. The number of thioether (sulfide) groups is 1. The molecule has 0 bridgehead atoms. The van der Waals surface area contributed by atoms with Crippen molar-refractivity contribution >= 4 is 33.7 Å². The van der Waals surface area contributed by atoms with Gasteiger partial charge >= 0.3 is 5.97 Å². The van der Waals surface area contributed by atoms with Crippen LogP contribution < -0.4 is 0 Å². The summed E-state index contributed by atoms with van der Waals surface area (Å²) in [5.41, 5.74) is 7.49. The molecule has 0 spiro atoms. The molecular weight excluding hydrogens is 470 g/mol. The number of benzene rings is 1. The van der Waals surface area contributed by atoms with Crippen molar-refractivity contribution in [3.63, 3.8) is 0 Å². The summed E-state index contributed by atoms with van der Waals surface area (Å²) in [7, 11) is 2.22. The molecule has 1 unspecified atom stereocenters. The predicted octanol–water partition coefficient (Wildman–Crippen LogP) is 6.77. The van der Waals surface area contributed by atoms with E-state index in [9.17, 15) is 4.79 Å². The van der Waals surface area contributed by atoms with Gasteiger partial charge in [-0.25, -0.2) is 0 Å². The highest BCUT2D eigenvalue weighted by Crippen LogP contribution is 2.51. The zero-order valence-electron chi connectivity index (χ0n) is 18.7. The van der Waals surface area contributed by atoms with Crippen molar-refractivity contribution in [2.75, 3.05) is 20.1 Å². The van der Waals surface area contributed by atoms with Crippen molar-refractivity contribution in [2.45, 2.75) is 63.5 Å². The van der Waals surface area contributed by atoms with E-state index in [4.69, 9.17) is 5.11 Å². The van der Waals surface area contributed by atoms with Gasteiger partial charge in [-0.05, 0) is 110 Å². The third-order valence-corrected chi connectivity index (χ3v) is 9.21. The van der Waals surface area contributed by atoms with E-state index in [2.05, 4.69) is 58.4 Å². The van der Waals surface area contributed by atoms with E-state index < -0.39 is 5.97 Å². The number of hydrogen-bond acceptors (Lipinski definition) is 3. The lowest BCUT2D eigenvalue weighted by molar-refractivity contribution is -0.137. The summed E-state index contributed by atoms with van der Waals surface area (Å²) in [5.74, 6) is 0.531. The molecule has 1 aromatic rings. The fourth-order valence-electron chi connectivity index (χ4n) is 5.54. The number of aliphatic carboxylic acids is 1. The molecule has 1 atom stereocenters. The topological polar surface area (TPSA) is 40.5 Å². The van der Waals surface area contributed by atoms with Gasteiger partial charge in [-0.2, -0.15) is 0 Å². The van der Waals surface area contributed by atoms with E-state index in [0.29, 0.717) is 23.5 Å². The Balaban J connectivity index is 1.55. The van der Waals surface area contributed by atoms with E-state index in [1.54, 1.807) is 5.57 Å². The predicted molar refractivity (Wildman–Crippen MR) is 134 cm³/mol. The van der Waals surface area contributed by atoms with Gasteiger partial charge in [0, 0.05) is 24.0 Å². The molecule has 1 aromatic carbocycles. The van der Waals surface area contributed by atoms with Gasteiger partial charge in [-0.15, -0.1) is 11.8 Å². The molecule has 2 heterocycles. The first kappa shape index (κ1) is 23.1. The number of carboxylic acids is 1. The Hall–Kier alpha value is -1.04. The number of allylic oxidation sites excluding steroid dienone is 2. The number of rotatable bonds is 5. The highest BCUT2D eigenvalue weighted by molar-refractivity contribution is 9.10. The van der Waals surface area contributed by atoms with Gasteiger partial charge in [-0.1, -0.05) is 28.1 Å². The molecule has 5 heteroatoms. The minimum absolute atomic E-state index is 0.315. The molecule has 1 N–H and O–H groups in total. The lowest BCUT2D eigenvalue weighted by Gasteiger charge is -2.36. The molecule has 168 valence electrons. The highest BCUT2D eigenvalue weighted by atomic mass is 79.9. The van der Waals surface area contributed by atoms with Gasteiger partial charge in [0.05, 0.1) is 5.25 Å². The van der Waals surface area contributed by atoms with Gasteiger partial charge in [0.25, 0.3) is 0 Å². The molecule has 1 fully saturated rings. The monoisotopic (exact) mass is 503 g/mol. The Morgan fingerprint density at radius 2 is 1.84 bits per heavy atom. The molecule has 1 aliphatic carbocycles. The summed E-state index contributed by atoms with van der Waals surface area (Å²) in [6.07, 6.45) is 10.4. The smallest absolute Gasteiger partial charge is 0.303 e. The summed E-state index contributed by atoms with van der Waals surface area (Å²) >= 11 is 5.89. The molecule has 31 heavy (non-hydrogen) atoms. The second-order valence-corrected chi connectivity index (χ2v) is 11.4. The first-order valence-corrected chi connectivity index (χ1v) is 13.4. The van der Waals surface area contributed by atoms with E-state index in [1.165, 1.54) is 39.6 Å². The lowest BCUT2D eigenvalue weighted by Crippen LogP contribution is -2.21. The van der Waals surface area contributed by atoms with Crippen LogP contribution in [-0.4, -0.2) is 36.1 Å². The van der Waals surface area contributed by atoms with Gasteiger partial charge in [0.15, 0.2) is 0 Å².